The van der Waals surface area contributed by atoms with Crippen molar-refractivity contribution in [2.24, 2.45) is 0 Å². The molecule has 5 nitrogen and oxygen atoms in total. The highest BCUT2D eigenvalue weighted by Crippen LogP contribution is 2.34. The zero-order chi connectivity index (χ0) is 16.5. The van der Waals surface area contributed by atoms with E-state index in [1.54, 1.807) is 12.4 Å². The second-order valence-corrected chi connectivity index (χ2v) is 5.41. The minimum Gasteiger partial charge on any atom is -0.383 e. The first kappa shape index (κ1) is 14.0. The average molecular weight is 311 g/mol. The molecule has 0 amide bonds. The first-order chi connectivity index (χ1) is 11.8. The van der Waals surface area contributed by atoms with Crippen LogP contribution in [0.4, 0.5) is 5.82 Å². The molecular formula is C19H13N5. The molecule has 3 N–H and O–H groups in total. The third kappa shape index (κ3) is 2.18. The van der Waals surface area contributed by atoms with Gasteiger partial charge in [-0.25, -0.2) is 4.98 Å². The van der Waals surface area contributed by atoms with Crippen LogP contribution in [0.15, 0.2) is 61.1 Å². The molecule has 3 heterocycles. The summed E-state index contributed by atoms with van der Waals surface area (Å²) in [6.45, 7) is 0. The van der Waals surface area contributed by atoms with E-state index in [2.05, 4.69) is 21.0 Å². The van der Waals surface area contributed by atoms with Crippen molar-refractivity contribution in [1.29, 1.82) is 5.26 Å². The summed E-state index contributed by atoms with van der Waals surface area (Å²) < 4.78 is 0. The van der Waals surface area contributed by atoms with E-state index >= 15 is 0 Å². The van der Waals surface area contributed by atoms with Crippen molar-refractivity contribution in [3.05, 3.63) is 66.6 Å². The molecule has 0 bridgehead atoms. The molecule has 0 saturated heterocycles. The fourth-order valence-electron chi connectivity index (χ4n) is 2.88. The molecule has 24 heavy (non-hydrogen) atoms. The Morgan fingerprint density at radius 1 is 1.08 bits per heavy atom. The number of rotatable bonds is 2. The molecule has 114 valence electrons. The lowest BCUT2D eigenvalue weighted by Gasteiger charge is -2.11. The van der Waals surface area contributed by atoms with Crippen LogP contribution in [0.3, 0.4) is 0 Å². The number of hydrogen-bond donors (Lipinski definition) is 2. The molecule has 1 aromatic carbocycles. The summed E-state index contributed by atoms with van der Waals surface area (Å²) in [4.78, 5) is 11.6. The molecule has 0 atom stereocenters. The van der Waals surface area contributed by atoms with Crippen LogP contribution in [-0.4, -0.2) is 15.0 Å². The van der Waals surface area contributed by atoms with Crippen molar-refractivity contribution in [2.75, 3.05) is 5.73 Å². The number of aromatic nitrogens is 3. The van der Waals surface area contributed by atoms with Gasteiger partial charge in [0, 0.05) is 29.5 Å². The van der Waals surface area contributed by atoms with E-state index < -0.39 is 0 Å². The maximum absolute atomic E-state index is 9.56. The number of nitrogens with one attached hydrogen (secondary N) is 1. The van der Waals surface area contributed by atoms with Crippen LogP contribution >= 0.6 is 0 Å². The third-order valence-corrected chi connectivity index (χ3v) is 4.00. The highest BCUT2D eigenvalue weighted by molar-refractivity contribution is 5.98. The average Bonchev–Trinajstić information content (AvgIpc) is 3.15. The molecule has 0 aliphatic heterocycles. The van der Waals surface area contributed by atoms with Crippen LogP contribution < -0.4 is 5.73 Å². The van der Waals surface area contributed by atoms with E-state index in [1.165, 1.54) is 0 Å². The third-order valence-electron chi connectivity index (χ3n) is 4.00. The van der Waals surface area contributed by atoms with Crippen molar-refractivity contribution >= 4 is 16.6 Å². The quantitative estimate of drug-likeness (QED) is 0.590. The normalized spacial score (nSPS) is 10.6. The van der Waals surface area contributed by atoms with Gasteiger partial charge < -0.3 is 10.7 Å². The summed E-state index contributed by atoms with van der Waals surface area (Å²) in [5.74, 6) is 0.227. The lowest BCUT2D eigenvalue weighted by molar-refractivity contribution is 1.27. The summed E-state index contributed by atoms with van der Waals surface area (Å²) in [7, 11) is 0. The summed E-state index contributed by atoms with van der Waals surface area (Å²) in [6.07, 6.45) is 5.38. The van der Waals surface area contributed by atoms with Crippen LogP contribution in [0, 0.1) is 11.3 Å². The highest BCUT2D eigenvalue weighted by atomic mass is 14.9. The Bertz CT molecular complexity index is 1070. The highest BCUT2D eigenvalue weighted by Gasteiger charge is 2.15. The number of benzene rings is 1. The van der Waals surface area contributed by atoms with Crippen LogP contribution in [0.5, 0.6) is 0 Å². The number of H-pyrrole nitrogens is 1. The molecule has 0 saturated carbocycles. The lowest BCUT2D eigenvalue weighted by atomic mass is 9.95. The molecule has 3 aromatic heterocycles. The number of anilines is 1. The Kier molecular flexibility index (Phi) is 3.22. The molecule has 0 spiro atoms. The smallest absolute Gasteiger partial charge is 0.142 e. The van der Waals surface area contributed by atoms with Gasteiger partial charge in [0.05, 0.1) is 11.4 Å². The van der Waals surface area contributed by atoms with Gasteiger partial charge in [0.25, 0.3) is 0 Å². The fourth-order valence-corrected chi connectivity index (χ4v) is 2.88. The Hall–Kier alpha value is -3.65. The number of hydrogen-bond acceptors (Lipinski definition) is 4. The van der Waals surface area contributed by atoms with Gasteiger partial charge in [0.2, 0.25) is 0 Å². The molecule has 0 aliphatic carbocycles. The van der Waals surface area contributed by atoms with Gasteiger partial charge >= 0.3 is 0 Å². The van der Waals surface area contributed by atoms with Crippen molar-refractivity contribution in [3.63, 3.8) is 0 Å². The number of nitrogens with zero attached hydrogens (tertiary/aromatic N) is 3. The lowest BCUT2D eigenvalue weighted by Crippen LogP contribution is -2.00. The van der Waals surface area contributed by atoms with Crippen molar-refractivity contribution in [1.82, 2.24) is 15.0 Å². The van der Waals surface area contributed by atoms with Gasteiger partial charge in [-0.3, -0.25) is 4.98 Å². The van der Waals surface area contributed by atoms with Gasteiger partial charge in [-0.2, -0.15) is 5.26 Å². The maximum Gasteiger partial charge on any atom is 0.142 e. The topological polar surface area (TPSA) is 91.4 Å². The Morgan fingerprint density at radius 2 is 2.00 bits per heavy atom. The molecule has 0 unspecified atom stereocenters. The van der Waals surface area contributed by atoms with Crippen molar-refractivity contribution in [3.8, 4) is 28.6 Å². The summed E-state index contributed by atoms with van der Waals surface area (Å²) in [5, 5.41) is 11.6. The zero-order valence-corrected chi connectivity index (χ0v) is 12.7. The van der Waals surface area contributed by atoms with Crippen LogP contribution in [0.25, 0.3) is 33.3 Å². The second-order valence-electron chi connectivity index (χ2n) is 5.41. The van der Waals surface area contributed by atoms with E-state index in [0.29, 0.717) is 11.3 Å². The summed E-state index contributed by atoms with van der Waals surface area (Å²) >= 11 is 0. The monoisotopic (exact) mass is 311 g/mol. The van der Waals surface area contributed by atoms with E-state index in [1.807, 2.05) is 48.7 Å². The first-order valence-electron chi connectivity index (χ1n) is 7.45. The molecular weight excluding hydrogens is 298 g/mol. The maximum atomic E-state index is 9.56. The van der Waals surface area contributed by atoms with Gasteiger partial charge in [0.1, 0.15) is 17.5 Å². The van der Waals surface area contributed by atoms with Crippen LogP contribution in [-0.2, 0) is 0 Å². The predicted molar refractivity (Wildman–Crippen MR) is 93.9 cm³/mol. The Balaban J connectivity index is 2.05. The molecule has 0 radical (unpaired) electrons. The van der Waals surface area contributed by atoms with E-state index in [0.717, 1.165) is 27.6 Å². The number of fused-ring (bicyclic) bond motifs is 1. The number of pyridine rings is 2. The molecule has 4 aromatic rings. The summed E-state index contributed by atoms with van der Waals surface area (Å²) in [6, 6.07) is 15.8. The number of nitrogens with two attached hydrogens (primary N) is 1. The van der Waals surface area contributed by atoms with Crippen molar-refractivity contribution < 1.29 is 0 Å². The standard InChI is InChI=1S/C19H13N5/c20-10-16-15(9-18(24-19(16)21)17-5-2-7-23-17)14-4-1-3-12-11-22-8-6-13(12)14/h1-9,11,23H,(H2,21,24). The molecule has 0 fully saturated rings. The van der Waals surface area contributed by atoms with E-state index in [-0.39, 0.29) is 5.82 Å². The van der Waals surface area contributed by atoms with Crippen molar-refractivity contribution in [2.45, 2.75) is 0 Å². The van der Waals surface area contributed by atoms with Gasteiger partial charge in [-0.05, 0) is 35.2 Å². The van der Waals surface area contributed by atoms with Gasteiger partial charge in [-0.1, -0.05) is 18.2 Å². The SMILES string of the molecule is N#Cc1c(-c2cccc3cnccc23)cc(-c2ccc[nH]2)nc1N. The Morgan fingerprint density at radius 3 is 2.79 bits per heavy atom. The first-order valence-corrected chi connectivity index (χ1v) is 7.45. The zero-order valence-electron chi connectivity index (χ0n) is 12.7. The minimum atomic E-state index is 0.227. The molecule has 5 heteroatoms. The number of aromatic amines is 1. The Labute approximate surface area is 138 Å². The van der Waals surface area contributed by atoms with E-state index in [4.69, 9.17) is 5.73 Å². The fraction of sp³-hybridized carbons (Fsp3) is 0. The minimum absolute atomic E-state index is 0.227. The predicted octanol–water partition coefficient (Wildman–Crippen LogP) is 3.75. The second kappa shape index (κ2) is 5.52. The molecule has 0 aliphatic rings. The van der Waals surface area contributed by atoms with Crippen LogP contribution in [0.1, 0.15) is 5.56 Å². The van der Waals surface area contributed by atoms with E-state index in [9.17, 15) is 5.26 Å². The number of nitrogen functional groups attached to an aromatic ring is 1. The van der Waals surface area contributed by atoms with Gasteiger partial charge in [0.15, 0.2) is 0 Å². The van der Waals surface area contributed by atoms with Gasteiger partial charge in [-0.15, -0.1) is 0 Å². The largest absolute Gasteiger partial charge is 0.383 e. The number of nitriles is 1. The molecule has 4 rings (SSSR count). The summed E-state index contributed by atoms with van der Waals surface area (Å²) in [5.41, 5.74) is 9.71. The van der Waals surface area contributed by atoms with Crippen LogP contribution in [0.2, 0.25) is 0 Å².